The van der Waals surface area contributed by atoms with Gasteiger partial charge in [-0.1, -0.05) is 29.8 Å². The van der Waals surface area contributed by atoms with E-state index in [1.807, 2.05) is 31.2 Å². The van der Waals surface area contributed by atoms with Gasteiger partial charge in [0.15, 0.2) is 0 Å². The maximum absolute atomic E-state index is 13.3. The van der Waals surface area contributed by atoms with Crippen LogP contribution in [0.5, 0.6) is 0 Å². The van der Waals surface area contributed by atoms with Crippen LogP contribution in [0.25, 0.3) is 5.78 Å². The number of alkyl halides is 2. The molecule has 0 unspecified atom stereocenters. The number of hydrogen-bond acceptors (Lipinski definition) is 4. The number of benzene rings is 1. The van der Waals surface area contributed by atoms with Crippen LogP contribution in [0.15, 0.2) is 30.3 Å². The Morgan fingerprint density at radius 3 is 2.63 bits per heavy atom. The zero-order valence-corrected chi connectivity index (χ0v) is 15.1. The molecular formula is C19H19F2N5O. The largest absolute Gasteiger partial charge is 0.329 e. The molecule has 0 radical (unpaired) electrons. The number of hydrogen-bond donors (Lipinski definition) is 0. The molecule has 27 heavy (non-hydrogen) atoms. The molecule has 140 valence electrons. The Balaban J connectivity index is 1.69. The number of amides is 1. The second-order valence-corrected chi connectivity index (χ2v) is 6.84. The van der Waals surface area contributed by atoms with Gasteiger partial charge in [-0.3, -0.25) is 4.79 Å². The molecule has 1 aliphatic rings. The highest BCUT2D eigenvalue weighted by atomic mass is 19.3. The highest BCUT2D eigenvalue weighted by molar-refractivity contribution is 5.91. The van der Waals surface area contributed by atoms with Crippen molar-refractivity contribution in [3.05, 3.63) is 58.7 Å². The van der Waals surface area contributed by atoms with E-state index in [0.29, 0.717) is 12.2 Å². The molecule has 1 aromatic carbocycles. The van der Waals surface area contributed by atoms with Gasteiger partial charge < -0.3 is 4.90 Å². The van der Waals surface area contributed by atoms with Crippen LogP contribution < -0.4 is 0 Å². The third-order valence-corrected chi connectivity index (χ3v) is 4.86. The van der Waals surface area contributed by atoms with E-state index in [1.165, 1.54) is 6.07 Å². The SMILES string of the molecule is Cc1ccc([C@@H]2CCCN2C(=O)c2nc3nc(C)cc(C(F)F)n3n2)cc1. The van der Waals surface area contributed by atoms with Crippen molar-refractivity contribution in [3.8, 4) is 0 Å². The molecule has 0 saturated carbocycles. The van der Waals surface area contributed by atoms with E-state index >= 15 is 0 Å². The van der Waals surface area contributed by atoms with E-state index in [4.69, 9.17) is 0 Å². The standard InChI is InChI=1S/C19H19F2N5O/c1-11-5-7-13(8-6-11)14-4-3-9-25(14)18(27)17-23-19-22-12(2)10-15(16(20)21)26(19)24-17/h5-8,10,14,16H,3-4,9H2,1-2H3/t14-/m0/s1. The number of likely N-dealkylation sites (tertiary alicyclic amines) is 1. The lowest BCUT2D eigenvalue weighted by molar-refractivity contribution is 0.0723. The maximum Gasteiger partial charge on any atom is 0.294 e. The van der Waals surface area contributed by atoms with Crippen molar-refractivity contribution < 1.29 is 13.6 Å². The molecule has 3 aromatic rings. The highest BCUT2D eigenvalue weighted by Crippen LogP contribution is 2.33. The van der Waals surface area contributed by atoms with Gasteiger partial charge in [-0.15, -0.1) is 5.10 Å². The molecule has 0 bridgehead atoms. The monoisotopic (exact) mass is 371 g/mol. The number of fused-ring (bicyclic) bond motifs is 1. The molecule has 0 spiro atoms. The third-order valence-electron chi connectivity index (χ3n) is 4.86. The highest BCUT2D eigenvalue weighted by Gasteiger charge is 2.33. The number of aromatic nitrogens is 4. The van der Waals surface area contributed by atoms with Crippen LogP contribution in [-0.2, 0) is 0 Å². The zero-order chi connectivity index (χ0) is 19.1. The molecule has 6 nitrogen and oxygen atoms in total. The summed E-state index contributed by atoms with van der Waals surface area (Å²) < 4.78 is 27.5. The normalized spacial score (nSPS) is 17.2. The van der Waals surface area contributed by atoms with Gasteiger partial charge in [-0.2, -0.15) is 9.50 Å². The summed E-state index contributed by atoms with van der Waals surface area (Å²) in [5.74, 6) is -0.449. The number of nitrogens with zero attached hydrogens (tertiary/aromatic N) is 5. The van der Waals surface area contributed by atoms with Crippen LogP contribution >= 0.6 is 0 Å². The summed E-state index contributed by atoms with van der Waals surface area (Å²) in [7, 11) is 0. The van der Waals surface area contributed by atoms with E-state index in [-0.39, 0.29) is 29.2 Å². The fourth-order valence-electron chi connectivity index (χ4n) is 3.53. The average molecular weight is 371 g/mol. The van der Waals surface area contributed by atoms with E-state index in [9.17, 15) is 13.6 Å². The summed E-state index contributed by atoms with van der Waals surface area (Å²) in [5, 5.41) is 4.03. The minimum atomic E-state index is -2.73. The fourth-order valence-corrected chi connectivity index (χ4v) is 3.53. The molecular weight excluding hydrogens is 352 g/mol. The van der Waals surface area contributed by atoms with Gasteiger partial charge in [0.25, 0.3) is 18.1 Å². The Morgan fingerprint density at radius 2 is 1.93 bits per heavy atom. The lowest BCUT2D eigenvalue weighted by atomic mass is 10.0. The van der Waals surface area contributed by atoms with Crippen LogP contribution in [0.3, 0.4) is 0 Å². The van der Waals surface area contributed by atoms with Crippen molar-refractivity contribution in [1.82, 2.24) is 24.5 Å². The third kappa shape index (κ3) is 3.15. The molecule has 0 N–H and O–H groups in total. The number of carbonyl (C=O) groups excluding carboxylic acids is 1. The van der Waals surface area contributed by atoms with E-state index in [2.05, 4.69) is 15.1 Å². The molecule has 1 fully saturated rings. The number of rotatable bonds is 3. The quantitative estimate of drug-likeness (QED) is 0.705. The predicted molar refractivity (Wildman–Crippen MR) is 94.7 cm³/mol. The van der Waals surface area contributed by atoms with Crippen LogP contribution in [0.2, 0.25) is 0 Å². The molecule has 4 rings (SSSR count). The number of carbonyl (C=O) groups is 1. The van der Waals surface area contributed by atoms with Crippen LogP contribution in [-0.4, -0.2) is 36.9 Å². The minimum Gasteiger partial charge on any atom is -0.329 e. The number of aryl methyl sites for hydroxylation is 2. The molecule has 1 saturated heterocycles. The Bertz CT molecular complexity index is 999. The minimum absolute atomic E-state index is 0.0136. The van der Waals surface area contributed by atoms with Crippen molar-refractivity contribution in [2.24, 2.45) is 0 Å². The van der Waals surface area contributed by atoms with E-state index < -0.39 is 6.43 Å². The Kier molecular flexibility index (Phi) is 4.33. The Labute approximate surface area is 154 Å². The lowest BCUT2D eigenvalue weighted by Crippen LogP contribution is -2.31. The number of halogens is 2. The lowest BCUT2D eigenvalue weighted by Gasteiger charge is -2.24. The van der Waals surface area contributed by atoms with Gasteiger partial charge in [-0.05, 0) is 38.3 Å². The topological polar surface area (TPSA) is 63.4 Å². The van der Waals surface area contributed by atoms with Crippen molar-refractivity contribution in [2.45, 2.75) is 39.2 Å². The summed E-state index contributed by atoms with van der Waals surface area (Å²) in [4.78, 5) is 23.0. The van der Waals surface area contributed by atoms with Gasteiger partial charge in [0, 0.05) is 12.2 Å². The molecule has 1 atom stereocenters. The molecule has 1 amide bonds. The average Bonchev–Trinajstić information content (AvgIpc) is 3.27. The first kappa shape index (κ1) is 17.5. The first-order valence-electron chi connectivity index (χ1n) is 8.84. The molecule has 8 heteroatoms. The van der Waals surface area contributed by atoms with Gasteiger partial charge in [0.05, 0.1) is 6.04 Å². The van der Waals surface area contributed by atoms with Gasteiger partial charge in [0.2, 0.25) is 5.82 Å². The fraction of sp³-hybridized carbons (Fsp3) is 0.368. The van der Waals surface area contributed by atoms with Crippen molar-refractivity contribution in [1.29, 1.82) is 0 Å². The summed E-state index contributed by atoms with van der Waals surface area (Å²) in [6.45, 7) is 4.20. The Hall–Kier alpha value is -2.90. The summed E-state index contributed by atoms with van der Waals surface area (Å²) >= 11 is 0. The molecule has 2 aromatic heterocycles. The van der Waals surface area contributed by atoms with Crippen molar-refractivity contribution >= 4 is 11.7 Å². The zero-order valence-electron chi connectivity index (χ0n) is 15.1. The first-order chi connectivity index (χ1) is 12.9. The van der Waals surface area contributed by atoms with Crippen LogP contribution in [0, 0.1) is 13.8 Å². The molecule has 0 aliphatic carbocycles. The van der Waals surface area contributed by atoms with E-state index in [0.717, 1.165) is 28.5 Å². The van der Waals surface area contributed by atoms with Gasteiger partial charge in [0.1, 0.15) is 5.69 Å². The Morgan fingerprint density at radius 1 is 1.19 bits per heavy atom. The van der Waals surface area contributed by atoms with Crippen molar-refractivity contribution in [2.75, 3.05) is 6.54 Å². The molecule has 3 heterocycles. The van der Waals surface area contributed by atoms with Crippen molar-refractivity contribution in [3.63, 3.8) is 0 Å². The van der Waals surface area contributed by atoms with Gasteiger partial charge >= 0.3 is 0 Å². The van der Waals surface area contributed by atoms with Gasteiger partial charge in [-0.25, -0.2) is 13.8 Å². The first-order valence-corrected chi connectivity index (χ1v) is 8.84. The smallest absolute Gasteiger partial charge is 0.294 e. The predicted octanol–water partition coefficient (Wildman–Crippen LogP) is 3.66. The second kappa shape index (κ2) is 6.68. The summed E-state index contributed by atoms with van der Waals surface area (Å²) in [6.07, 6.45) is -1.01. The maximum atomic E-state index is 13.3. The van der Waals surface area contributed by atoms with E-state index in [1.54, 1.807) is 11.8 Å². The second-order valence-electron chi connectivity index (χ2n) is 6.84. The van der Waals surface area contributed by atoms with Crippen LogP contribution in [0.4, 0.5) is 8.78 Å². The summed E-state index contributed by atoms with van der Waals surface area (Å²) in [5.41, 5.74) is 2.29. The van der Waals surface area contributed by atoms with Crippen LogP contribution in [0.1, 0.15) is 58.4 Å². The summed E-state index contributed by atoms with van der Waals surface area (Å²) in [6, 6.07) is 9.26. The molecule has 1 aliphatic heterocycles.